The van der Waals surface area contributed by atoms with Crippen molar-refractivity contribution >= 4 is 0 Å². The summed E-state index contributed by atoms with van der Waals surface area (Å²) in [4.78, 5) is 8.30. The lowest BCUT2D eigenvalue weighted by Gasteiger charge is -2.00. The maximum Gasteiger partial charge on any atom is 0.244 e. The van der Waals surface area contributed by atoms with Gasteiger partial charge in [-0.05, 0) is 25.0 Å². The summed E-state index contributed by atoms with van der Waals surface area (Å²) in [6.07, 6.45) is 5.79. The Morgan fingerprint density at radius 3 is 3.12 bits per heavy atom. The van der Waals surface area contributed by atoms with Gasteiger partial charge in [0, 0.05) is 18.0 Å². The van der Waals surface area contributed by atoms with Crippen LogP contribution in [0.25, 0.3) is 11.4 Å². The largest absolute Gasteiger partial charge is 0.337 e. The van der Waals surface area contributed by atoms with Crippen LogP contribution in [0.3, 0.4) is 0 Å². The molecular weight excluding hydrogens is 216 g/mol. The van der Waals surface area contributed by atoms with Gasteiger partial charge in [-0.2, -0.15) is 4.98 Å². The average Bonchev–Trinajstić information content (AvgIpc) is 2.79. The first kappa shape index (κ1) is 11.5. The highest BCUT2D eigenvalue weighted by Crippen LogP contribution is 2.21. The van der Waals surface area contributed by atoms with Crippen LogP contribution in [0.4, 0.5) is 0 Å². The number of nitrogens with zero attached hydrogens (tertiary/aromatic N) is 3. The van der Waals surface area contributed by atoms with Crippen LogP contribution in [0.2, 0.25) is 0 Å². The molecular formula is C12H14N4O. The monoisotopic (exact) mass is 230 g/mol. The predicted molar refractivity (Wildman–Crippen MR) is 64.0 cm³/mol. The minimum absolute atomic E-state index is 0.295. The van der Waals surface area contributed by atoms with Gasteiger partial charge in [-0.15, -0.1) is 6.58 Å². The van der Waals surface area contributed by atoms with Crippen LogP contribution >= 0.6 is 0 Å². The third-order valence-electron chi connectivity index (χ3n) is 2.44. The molecule has 0 aromatic carbocycles. The van der Waals surface area contributed by atoms with E-state index in [1.54, 1.807) is 18.5 Å². The molecule has 2 rings (SSSR count). The third kappa shape index (κ3) is 2.39. The molecule has 0 saturated carbocycles. The van der Waals surface area contributed by atoms with E-state index in [1.165, 1.54) is 0 Å². The molecule has 5 nitrogen and oxygen atoms in total. The number of nitrogens with two attached hydrogens (primary N) is 1. The molecule has 0 aliphatic heterocycles. The molecule has 0 aliphatic carbocycles. The van der Waals surface area contributed by atoms with Crippen LogP contribution in [0.1, 0.15) is 23.9 Å². The fraction of sp³-hybridized carbons (Fsp3) is 0.250. The lowest BCUT2D eigenvalue weighted by atomic mass is 10.1. The molecule has 88 valence electrons. The molecule has 0 amide bonds. The highest BCUT2D eigenvalue weighted by Gasteiger charge is 2.15. The number of rotatable bonds is 4. The first-order chi connectivity index (χ1) is 8.22. The van der Waals surface area contributed by atoms with Crippen LogP contribution in [-0.2, 0) is 0 Å². The van der Waals surface area contributed by atoms with Crippen molar-refractivity contribution in [3.63, 3.8) is 0 Å². The number of aryl methyl sites for hydroxylation is 1. The van der Waals surface area contributed by atoms with Crippen LogP contribution in [0.15, 0.2) is 35.6 Å². The van der Waals surface area contributed by atoms with Crippen molar-refractivity contribution in [2.75, 3.05) is 0 Å². The van der Waals surface area contributed by atoms with E-state index in [4.69, 9.17) is 10.3 Å². The van der Waals surface area contributed by atoms with Gasteiger partial charge in [0.2, 0.25) is 11.7 Å². The zero-order valence-electron chi connectivity index (χ0n) is 9.63. The molecule has 5 heteroatoms. The van der Waals surface area contributed by atoms with E-state index in [2.05, 4.69) is 21.7 Å². The molecule has 0 fully saturated rings. The van der Waals surface area contributed by atoms with Crippen LogP contribution in [-0.4, -0.2) is 15.1 Å². The van der Waals surface area contributed by atoms with Gasteiger partial charge in [-0.3, -0.25) is 4.98 Å². The average molecular weight is 230 g/mol. The molecule has 1 atom stereocenters. The van der Waals surface area contributed by atoms with E-state index in [9.17, 15) is 0 Å². The first-order valence-electron chi connectivity index (χ1n) is 5.33. The minimum Gasteiger partial charge on any atom is -0.337 e. The number of hydrogen-bond donors (Lipinski definition) is 1. The summed E-state index contributed by atoms with van der Waals surface area (Å²) in [5.74, 6) is 0.968. The molecule has 17 heavy (non-hydrogen) atoms. The van der Waals surface area contributed by atoms with Gasteiger partial charge in [0.1, 0.15) is 0 Å². The topological polar surface area (TPSA) is 77.8 Å². The zero-order chi connectivity index (χ0) is 12.3. The summed E-state index contributed by atoms with van der Waals surface area (Å²) in [5, 5.41) is 3.92. The first-order valence-corrected chi connectivity index (χ1v) is 5.33. The van der Waals surface area contributed by atoms with Crippen molar-refractivity contribution in [3.05, 3.63) is 42.6 Å². The molecule has 1 unspecified atom stereocenters. The molecule has 2 aromatic rings. The van der Waals surface area contributed by atoms with Gasteiger partial charge in [0.25, 0.3) is 0 Å². The van der Waals surface area contributed by atoms with Crippen molar-refractivity contribution in [1.82, 2.24) is 15.1 Å². The molecule has 2 heterocycles. The second kappa shape index (κ2) is 4.88. The van der Waals surface area contributed by atoms with Gasteiger partial charge < -0.3 is 10.3 Å². The molecule has 0 radical (unpaired) electrons. The summed E-state index contributed by atoms with van der Waals surface area (Å²) in [6, 6.07) is 1.55. The van der Waals surface area contributed by atoms with Gasteiger partial charge in [0.05, 0.1) is 6.04 Å². The lowest BCUT2D eigenvalue weighted by molar-refractivity contribution is 0.356. The Morgan fingerprint density at radius 2 is 2.41 bits per heavy atom. The molecule has 0 bridgehead atoms. The van der Waals surface area contributed by atoms with Gasteiger partial charge in [-0.1, -0.05) is 11.2 Å². The molecule has 2 aromatic heterocycles. The summed E-state index contributed by atoms with van der Waals surface area (Å²) in [5.41, 5.74) is 7.76. The van der Waals surface area contributed by atoms with Crippen molar-refractivity contribution in [2.45, 2.75) is 19.4 Å². The van der Waals surface area contributed by atoms with Crippen molar-refractivity contribution < 1.29 is 4.52 Å². The number of hydrogen-bond acceptors (Lipinski definition) is 5. The quantitative estimate of drug-likeness (QED) is 0.813. The smallest absolute Gasteiger partial charge is 0.244 e. The van der Waals surface area contributed by atoms with Gasteiger partial charge in [-0.25, -0.2) is 0 Å². The van der Waals surface area contributed by atoms with E-state index in [0.29, 0.717) is 18.1 Å². The Kier molecular flexibility index (Phi) is 3.30. The Balaban J connectivity index is 2.30. The molecule has 0 spiro atoms. The number of pyridine rings is 1. The summed E-state index contributed by atoms with van der Waals surface area (Å²) < 4.78 is 5.13. The number of aromatic nitrogens is 3. The fourth-order valence-electron chi connectivity index (χ4n) is 1.50. The van der Waals surface area contributed by atoms with E-state index in [1.807, 2.05) is 13.0 Å². The fourth-order valence-corrected chi connectivity index (χ4v) is 1.50. The van der Waals surface area contributed by atoms with Gasteiger partial charge in [0.15, 0.2) is 0 Å². The Bertz CT molecular complexity index is 521. The second-order valence-corrected chi connectivity index (χ2v) is 3.78. The Labute approximate surface area is 99.4 Å². The molecule has 0 saturated heterocycles. The minimum atomic E-state index is -0.295. The van der Waals surface area contributed by atoms with Crippen molar-refractivity contribution in [3.8, 4) is 11.4 Å². The highest BCUT2D eigenvalue weighted by molar-refractivity contribution is 5.57. The van der Waals surface area contributed by atoms with Crippen LogP contribution < -0.4 is 5.73 Å². The summed E-state index contributed by atoms with van der Waals surface area (Å²) in [6.45, 7) is 5.57. The third-order valence-corrected chi connectivity index (χ3v) is 2.44. The Hall–Kier alpha value is -2.01. The SMILES string of the molecule is C=CCC(N)c1nc(-c2ccncc2C)no1. The van der Waals surface area contributed by atoms with E-state index >= 15 is 0 Å². The van der Waals surface area contributed by atoms with Crippen LogP contribution in [0.5, 0.6) is 0 Å². The predicted octanol–water partition coefficient (Wildman–Crippen LogP) is 2.02. The van der Waals surface area contributed by atoms with Crippen molar-refractivity contribution in [1.29, 1.82) is 0 Å². The van der Waals surface area contributed by atoms with Crippen molar-refractivity contribution in [2.24, 2.45) is 5.73 Å². The van der Waals surface area contributed by atoms with Gasteiger partial charge >= 0.3 is 0 Å². The van der Waals surface area contributed by atoms with Crippen LogP contribution in [0, 0.1) is 6.92 Å². The Morgan fingerprint density at radius 1 is 1.59 bits per heavy atom. The standard InChI is InChI=1S/C12H14N4O/c1-3-4-10(13)12-15-11(16-17-12)9-5-6-14-7-8(9)2/h3,5-7,10H,1,4,13H2,2H3. The molecule has 0 aliphatic rings. The summed E-state index contributed by atoms with van der Waals surface area (Å²) >= 11 is 0. The summed E-state index contributed by atoms with van der Waals surface area (Å²) in [7, 11) is 0. The highest BCUT2D eigenvalue weighted by atomic mass is 16.5. The zero-order valence-corrected chi connectivity index (χ0v) is 9.63. The van der Waals surface area contributed by atoms with E-state index in [-0.39, 0.29) is 6.04 Å². The maximum atomic E-state index is 5.86. The molecule has 2 N–H and O–H groups in total. The van der Waals surface area contributed by atoms with E-state index in [0.717, 1.165) is 11.1 Å². The normalized spacial score (nSPS) is 12.4. The second-order valence-electron chi connectivity index (χ2n) is 3.78. The maximum absolute atomic E-state index is 5.86. The van der Waals surface area contributed by atoms with E-state index < -0.39 is 0 Å². The lowest BCUT2D eigenvalue weighted by Crippen LogP contribution is -2.09.